The van der Waals surface area contributed by atoms with Crippen molar-refractivity contribution in [1.82, 2.24) is 5.32 Å². The van der Waals surface area contributed by atoms with Crippen LogP contribution in [0.5, 0.6) is 0 Å². The quantitative estimate of drug-likeness (QED) is 0.667. The molecule has 2 aromatic carbocycles. The molecule has 1 N–H and O–H groups in total. The van der Waals surface area contributed by atoms with E-state index in [4.69, 9.17) is 12.6 Å². The van der Waals surface area contributed by atoms with Gasteiger partial charge in [-0.15, -0.1) is 0 Å². The Morgan fingerprint density at radius 1 is 1.08 bits per heavy atom. The first-order valence-electron chi connectivity index (χ1n) is 8.75. The summed E-state index contributed by atoms with van der Waals surface area (Å²) in [5.41, 5.74) is 2.69. The second-order valence-electron chi connectivity index (χ2n) is 6.35. The molecule has 0 aromatic heterocycles. The second-order valence-corrected chi connectivity index (χ2v) is 6.35. The van der Waals surface area contributed by atoms with Crippen LogP contribution in [0.1, 0.15) is 28.8 Å². The predicted octanol–water partition coefficient (Wildman–Crippen LogP) is 2.89. The average molecular weight is 348 g/mol. The zero-order chi connectivity index (χ0) is 18.4. The Bertz CT molecular complexity index is 759. The van der Waals surface area contributed by atoms with Gasteiger partial charge in [-0.05, 0) is 29.8 Å². The van der Waals surface area contributed by atoms with E-state index in [1.54, 1.807) is 12.1 Å². The van der Waals surface area contributed by atoms with Crippen LogP contribution in [-0.2, 0) is 11.3 Å². The first-order valence-corrected chi connectivity index (χ1v) is 8.75. The van der Waals surface area contributed by atoms with Gasteiger partial charge in [0.25, 0.3) is 0 Å². The Labute approximate surface area is 154 Å². The molecule has 1 amide bonds. The number of carbonyl (C=O) groups is 2. The predicted molar refractivity (Wildman–Crippen MR) is 102 cm³/mol. The highest BCUT2D eigenvalue weighted by atomic mass is 16.5. The molecular weight excluding hydrogens is 327 g/mol. The van der Waals surface area contributed by atoms with Crippen LogP contribution in [0.3, 0.4) is 0 Å². The molecule has 0 atom stereocenters. The number of anilines is 1. The Balaban J connectivity index is 1.53. The summed E-state index contributed by atoms with van der Waals surface area (Å²) in [4.78, 5) is 25.3. The molecule has 6 heteroatoms. The van der Waals surface area contributed by atoms with Gasteiger partial charge >= 0.3 is 5.97 Å². The molecule has 3 rings (SSSR count). The highest BCUT2D eigenvalue weighted by Crippen LogP contribution is 2.23. The zero-order valence-corrected chi connectivity index (χ0v) is 14.6. The summed E-state index contributed by atoms with van der Waals surface area (Å²) < 4.78 is 5.62. The molecule has 132 valence electrons. The van der Waals surface area contributed by atoms with Crippen molar-refractivity contribution >= 4 is 25.3 Å². The third-order valence-electron chi connectivity index (χ3n) is 4.47. The van der Waals surface area contributed by atoms with Gasteiger partial charge in [0.15, 0.2) is 5.81 Å². The minimum atomic E-state index is -0.531. The highest BCUT2D eigenvalue weighted by molar-refractivity contribution is 6.57. The normalized spacial score (nSPS) is 14.7. The summed E-state index contributed by atoms with van der Waals surface area (Å²) in [6.45, 7) is 2.05. The van der Waals surface area contributed by atoms with Crippen LogP contribution < -0.4 is 10.2 Å². The van der Waals surface area contributed by atoms with Crippen LogP contribution in [0.2, 0.25) is 0 Å². The molecule has 0 unspecified atom stereocenters. The van der Waals surface area contributed by atoms with E-state index in [-0.39, 0.29) is 12.1 Å². The van der Waals surface area contributed by atoms with Gasteiger partial charge < -0.3 is 15.0 Å². The van der Waals surface area contributed by atoms with Crippen LogP contribution in [0.25, 0.3) is 0 Å². The maximum atomic E-state index is 12.2. The van der Waals surface area contributed by atoms with Gasteiger partial charge in [0.1, 0.15) is 6.10 Å². The number of esters is 1. The van der Waals surface area contributed by atoms with Crippen LogP contribution in [-0.4, -0.2) is 38.8 Å². The lowest BCUT2D eigenvalue weighted by atomic mass is 10.1. The summed E-state index contributed by atoms with van der Waals surface area (Å²) in [7, 11) is 5.12. The van der Waals surface area contributed by atoms with Gasteiger partial charge in [-0.1, -0.05) is 30.3 Å². The molecule has 5 nitrogen and oxygen atoms in total. The minimum Gasteiger partial charge on any atom is -0.459 e. The van der Waals surface area contributed by atoms with E-state index in [0.29, 0.717) is 12.1 Å². The van der Waals surface area contributed by atoms with Gasteiger partial charge in [-0.2, -0.15) is 0 Å². The molecule has 0 saturated carbocycles. The molecule has 1 saturated heterocycles. The van der Waals surface area contributed by atoms with Gasteiger partial charge in [0.2, 0.25) is 7.85 Å². The number of benzene rings is 2. The van der Waals surface area contributed by atoms with E-state index in [1.807, 2.05) is 42.5 Å². The largest absolute Gasteiger partial charge is 0.459 e. The molecule has 26 heavy (non-hydrogen) atoms. The first-order chi connectivity index (χ1) is 12.6. The maximum Gasteiger partial charge on any atom is 0.338 e. The zero-order valence-electron chi connectivity index (χ0n) is 14.6. The third-order valence-corrected chi connectivity index (χ3v) is 4.47. The fourth-order valence-electron chi connectivity index (χ4n) is 3.08. The van der Waals surface area contributed by atoms with E-state index in [9.17, 15) is 9.59 Å². The Kier molecular flexibility index (Phi) is 5.94. The molecule has 1 aliphatic rings. The molecule has 1 heterocycles. The second kappa shape index (κ2) is 8.56. The summed E-state index contributed by atoms with van der Waals surface area (Å²) >= 11 is 0. The number of ether oxygens (including phenoxy) is 1. The van der Waals surface area contributed by atoms with Crippen molar-refractivity contribution in [3.8, 4) is 0 Å². The standard InChI is InChI=1S/C20H21BN2O3/c21-20(25)22-14-15-5-4-8-17(13-15)23-11-9-18(10-12-23)26-19(24)16-6-2-1-3-7-16/h1-8,13,18H,9-12,14H2,(H,22,25). The molecule has 1 fully saturated rings. The van der Waals surface area contributed by atoms with Crippen LogP contribution in [0.4, 0.5) is 10.5 Å². The fraction of sp³-hybridized carbons (Fsp3) is 0.300. The minimum absolute atomic E-state index is 0.0568. The topological polar surface area (TPSA) is 58.6 Å². The Morgan fingerprint density at radius 3 is 2.50 bits per heavy atom. The molecule has 0 aliphatic carbocycles. The van der Waals surface area contributed by atoms with Crippen LogP contribution >= 0.6 is 0 Å². The first kappa shape index (κ1) is 18.0. The van der Waals surface area contributed by atoms with Gasteiger partial charge in [0.05, 0.1) is 5.56 Å². The molecule has 0 bridgehead atoms. The number of carbonyl (C=O) groups excluding carboxylic acids is 2. The lowest BCUT2D eigenvalue weighted by Crippen LogP contribution is -2.38. The number of hydrogen-bond acceptors (Lipinski definition) is 4. The number of piperidine rings is 1. The number of rotatable bonds is 5. The summed E-state index contributed by atoms with van der Waals surface area (Å²) in [5.74, 6) is -0.792. The number of amides is 1. The van der Waals surface area contributed by atoms with Crippen molar-refractivity contribution in [3.05, 3.63) is 65.7 Å². The number of nitrogens with one attached hydrogen (secondary N) is 1. The van der Waals surface area contributed by atoms with Crippen LogP contribution in [0, 0.1) is 0 Å². The molecule has 2 aromatic rings. The van der Waals surface area contributed by atoms with Gasteiger partial charge in [-0.25, -0.2) is 4.79 Å². The Hall–Kier alpha value is -2.76. The lowest BCUT2D eigenvalue weighted by Gasteiger charge is -2.33. The highest BCUT2D eigenvalue weighted by Gasteiger charge is 2.23. The fourth-order valence-corrected chi connectivity index (χ4v) is 3.08. The molecular formula is C20H21BN2O3. The van der Waals surface area contributed by atoms with Gasteiger partial charge in [-0.3, -0.25) is 4.79 Å². The van der Waals surface area contributed by atoms with E-state index >= 15 is 0 Å². The summed E-state index contributed by atoms with van der Waals surface area (Å²) in [5, 5.41) is 2.60. The smallest absolute Gasteiger partial charge is 0.338 e. The summed E-state index contributed by atoms with van der Waals surface area (Å²) in [6.07, 6.45) is 1.53. The third kappa shape index (κ3) is 4.88. The summed E-state index contributed by atoms with van der Waals surface area (Å²) in [6, 6.07) is 17.1. The van der Waals surface area contributed by atoms with E-state index in [2.05, 4.69) is 10.2 Å². The van der Waals surface area contributed by atoms with E-state index in [0.717, 1.165) is 37.2 Å². The van der Waals surface area contributed by atoms with Crippen molar-refractivity contribution in [2.45, 2.75) is 25.5 Å². The van der Waals surface area contributed by atoms with Crippen molar-refractivity contribution in [3.63, 3.8) is 0 Å². The van der Waals surface area contributed by atoms with Crippen LogP contribution in [0.15, 0.2) is 54.6 Å². The van der Waals surface area contributed by atoms with E-state index < -0.39 is 5.81 Å². The lowest BCUT2D eigenvalue weighted by molar-refractivity contribution is 0.0245. The molecule has 2 radical (unpaired) electrons. The number of nitrogens with zero attached hydrogens (tertiary/aromatic N) is 1. The Morgan fingerprint density at radius 2 is 1.81 bits per heavy atom. The SMILES string of the molecule is [B]C(=O)NCc1cccc(N2CCC(OC(=O)c3ccccc3)CC2)c1. The van der Waals surface area contributed by atoms with Gasteiger partial charge in [0, 0.05) is 38.2 Å². The van der Waals surface area contributed by atoms with Crippen molar-refractivity contribution in [1.29, 1.82) is 0 Å². The van der Waals surface area contributed by atoms with Crippen molar-refractivity contribution in [2.24, 2.45) is 0 Å². The molecule has 0 spiro atoms. The van der Waals surface area contributed by atoms with Crippen molar-refractivity contribution in [2.75, 3.05) is 18.0 Å². The van der Waals surface area contributed by atoms with Crippen molar-refractivity contribution < 1.29 is 14.3 Å². The number of hydrogen-bond donors (Lipinski definition) is 1. The van der Waals surface area contributed by atoms with E-state index in [1.165, 1.54) is 0 Å². The molecule has 1 aliphatic heterocycles. The average Bonchev–Trinajstić information content (AvgIpc) is 2.68. The monoisotopic (exact) mass is 348 g/mol. The maximum absolute atomic E-state index is 12.2.